The average Bonchev–Trinajstić information content (AvgIpc) is 2.63. The van der Waals surface area contributed by atoms with E-state index in [1.54, 1.807) is 11.2 Å². The van der Waals surface area contributed by atoms with Crippen LogP contribution in [0.25, 0.3) is 0 Å². The summed E-state index contributed by atoms with van der Waals surface area (Å²) in [6.07, 6.45) is 2.32. The summed E-state index contributed by atoms with van der Waals surface area (Å²) in [4.78, 5) is 4.96. The Hall–Kier alpha value is -1.11. The minimum atomic E-state index is -3.03. The highest BCUT2D eigenvalue weighted by Crippen LogP contribution is 2.24. The third-order valence-electron chi connectivity index (χ3n) is 5.41. The van der Waals surface area contributed by atoms with E-state index in [1.165, 1.54) is 11.3 Å². The standard InChI is InChI=1S/C18H29N3O2S/c1-3-24(22,23)21-14-12-20(13-15-21)18-8-10-19(11-9-18)17-6-4-16(2)5-7-17/h4-7,18H,3,8-15H2,1-2H3. The highest BCUT2D eigenvalue weighted by molar-refractivity contribution is 7.89. The number of piperazine rings is 1. The Morgan fingerprint density at radius 3 is 2.08 bits per heavy atom. The van der Waals surface area contributed by atoms with Crippen LogP contribution in [0.2, 0.25) is 0 Å². The van der Waals surface area contributed by atoms with Crippen molar-refractivity contribution in [2.75, 3.05) is 49.9 Å². The summed E-state index contributed by atoms with van der Waals surface area (Å²) < 4.78 is 25.6. The molecule has 2 heterocycles. The van der Waals surface area contributed by atoms with E-state index in [4.69, 9.17) is 0 Å². The molecule has 0 aliphatic carbocycles. The Balaban J connectivity index is 1.50. The zero-order valence-electron chi connectivity index (χ0n) is 14.8. The summed E-state index contributed by atoms with van der Waals surface area (Å²) in [7, 11) is -3.03. The lowest BCUT2D eigenvalue weighted by molar-refractivity contribution is 0.120. The van der Waals surface area contributed by atoms with Crippen LogP contribution in [-0.4, -0.2) is 68.7 Å². The monoisotopic (exact) mass is 351 g/mol. The quantitative estimate of drug-likeness (QED) is 0.831. The largest absolute Gasteiger partial charge is 0.371 e. The molecule has 1 aromatic rings. The summed E-state index contributed by atoms with van der Waals surface area (Å²) >= 11 is 0. The predicted octanol–water partition coefficient (Wildman–Crippen LogP) is 1.93. The van der Waals surface area contributed by atoms with Crippen molar-refractivity contribution < 1.29 is 8.42 Å². The molecule has 2 aliphatic heterocycles. The van der Waals surface area contributed by atoms with E-state index in [1.807, 2.05) is 0 Å². The molecule has 3 rings (SSSR count). The number of anilines is 1. The fourth-order valence-corrected chi connectivity index (χ4v) is 4.86. The summed E-state index contributed by atoms with van der Waals surface area (Å²) in [6, 6.07) is 9.37. The van der Waals surface area contributed by atoms with E-state index < -0.39 is 10.0 Å². The molecule has 2 fully saturated rings. The van der Waals surface area contributed by atoms with Crippen LogP contribution in [0, 0.1) is 6.92 Å². The van der Waals surface area contributed by atoms with Crippen LogP contribution in [0.3, 0.4) is 0 Å². The van der Waals surface area contributed by atoms with E-state index in [2.05, 4.69) is 41.0 Å². The molecule has 0 N–H and O–H groups in total. The Bertz CT molecular complexity index is 629. The highest BCUT2D eigenvalue weighted by Gasteiger charge is 2.30. The van der Waals surface area contributed by atoms with Gasteiger partial charge in [-0.3, -0.25) is 4.90 Å². The van der Waals surface area contributed by atoms with Crippen molar-refractivity contribution in [2.24, 2.45) is 0 Å². The van der Waals surface area contributed by atoms with E-state index in [0.29, 0.717) is 19.1 Å². The number of benzene rings is 1. The molecular formula is C18H29N3O2S. The van der Waals surface area contributed by atoms with Crippen LogP contribution in [0.1, 0.15) is 25.3 Å². The van der Waals surface area contributed by atoms with Gasteiger partial charge in [-0.15, -0.1) is 0 Å². The molecule has 2 saturated heterocycles. The van der Waals surface area contributed by atoms with E-state index in [0.717, 1.165) is 39.0 Å². The Morgan fingerprint density at radius 1 is 0.958 bits per heavy atom. The minimum Gasteiger partial charge on any atom is -0.371 e. The van der Waals surface area contributed by atoms with Gasteiger partial charge >= 0.3 is 0 Å². The summed E-state index contributed by atoms with van der Waals surface area (Å²) in [5.41, 5.74) is 2.62. The van der Waals surface area contributed by atoms with Crippen molar-refractivity contribution in [1.82, 2.24) is 9.21 Å². The van der Waals surface area contributed by atoms with Crippen molar-refractivity contribution >= 4 is 15.7 Å². The maximum atomic E-state index is 12.0. The molecule has 6 heteroatoms. The minimum absolute atomic E-state index is 0.210. The van der Waals surface area contributed by atoms with Crippen LogP contribution in [0.4, 0.5) is 5.69 Å². The van der Waals surface area contributed by atoms with Gasteiger partial charge in [0.15, 0.2) is 0 Å². The van der Waals surface area contributed by atoms with Crippen LogP contribution >= 0.6 is 0 Å². The highest BCUT2D eigenvalue weighted by atomic mass is 32.2. The number of rotatable bonds is 4. The van der Waals surface area contributed by atoms with Crippen LogP contribution in [-0.2, 0) is 10.0 Å². The van der Waals surface area contributed by atoms with Crippen LogP contribution < -0.4 is 4.90 Å². The van der Waals surface area contributed by atoms with Gasteiger partial charge in [-0.25, -0.2) is 8.42 Å². The maximum Gasteiger partial charge on any atom is 0.213 e. The molecule has 0 atom stereocenters. The molecular weight excluding hydrogens is 322 g/mol. The number of hydrogen-bond donors (Lipinski definition) is 0. The first-order valence-corrected chi connectivity index (χ1v) is 10.6. The van der Waals surface area contributed by atoms with Gasteiger partial charge in [0.1, 0.15) is 0 Å². The zero-order valence-corrected chi connectivity index (χ0v) is 15.6. The average molecular weight is 352 g/mol. The van der Waals surface area contributed by atoms with E-state index in [9.17, 15) is 8.42 Å². The van der Waals surface area contributed by atoms with Gasteiger partial charge < -0.3 is 4.90 Å². The van der Waals surface area contributed by atoms with Crippen LogP contribution in [0.15, 0.2) is 24.3 Å². The lowest BCUT2D eigenvalue weighted by Crippen LogP contribution is -2.54. The topological polar surface area (TPSA) is 43.9 Å². The summed E-state index contributed by atoms with van der Waals surface area (Å²) in [5.74, 6) is 0.210. The lowest BCUT2D eigenvalue weighted by atomic mass is 10.0. The third kappa shape index (κ3) is 3.92. The predicted molar refractivity (Wildman–Crippen MR) is 99.0 cm³/mol. The number of nitrogens with zero attached hydrogens (tertiary/aromatic N) is 3. The first kappa shape index (κ1) is 17.7. The fourth-order valence-electron chi connectivity index (χ4n) is 3.77. The SMILES string of the molecule is CCS(=O)(=O)N1CCN(C2CCN(c3ccc(C)cc3)CC2)CC1. The molecule has 134 valence electrons. The Morgan fingerprint density at radius 2 is 1.54 bits per heavy atom. The molecule has 0 unspecified atom stereocenters. The summed E-state index contributed by atoms with van der Waals surface area (Å²) in [5, 5.41) is 0. The number of piperidine rings is 1. The lowest BCUT2D eigenvalue weighted by Gasteiger charge is -2.42. The van der Waals surface area contributed by atoms with Gasteiger partial charge in [0, 0.05) is 51.0 Å². The number of sulfonamides is 1. The second-order valence-corrected chi connectivity index (χ2v) is 9.15. The Kier molecular flexibility index (Phi) is 5.47. The first-order valence-electron chi connectivity index (χ1n) is 9.03. The molecule has 2 aliphatic rings. The smallest absolute Gasteiger partial charge is 0.213 e. The molecule has 0 aromatic heterocycles. The molecule has 0 saturated carbocycles. The number of hydrogen-bond acceptors (Lipinski definition) is 4. The normalized spacial score (nSPS) is 22.0. The second-order valence-electron chi connectivity index (χ2n) is 6.89. The van der Waals surface area contributed by atoms with Gasteiger partial charge in [-0.05, 0) is 38.8 Å². The zero-order chi connectivity index (χ0) is 17.2. The van der Waals surface area contributed by atoms with Gasteiger partial charge in [0.25, 0.3) is 0 Å². The first-order chi connectivity index (χ1) is 11.5. The van der Waals surface area contributed by atoms with Gasteiger partial charge in [0.2, 0.25) is 10.0 Å². The molecule has 0 radical (unpaired) electrons. The Labute approximate surface area is 146 Å². The van der Waals surface area contributed by atoms with Gasteiger partial charge in [-0.1, -0.05) is 17.7 Å². The molecule has 5 nitrogen and oxygen atoms in total. The fraction of sp³-hybridized carbons (Fsp3) is 0.667. The summed E-state index contributed by atoms with van der Waals surface area (Å²) in [6.45, 7) is 9.05. The van der Waals surface area contributed by atoms with E-state index >= 15 is 0 Å². The van der Waals surface area contributed by atoms with Crippen molar-refractivity contribution in [1.29, 1.82) is 0 Å². The van der Waals surface area contributed by atoms with Crippen molar-refractivity contribution in [3.05, 3.63) is 29.8 Å². The molecule has 0 amide bonds. The second kappa shape index (κ2) is 7.42. The number of aryl methyl sites for hydroxylation is 1. The van der Waals surface area contributed by atoms with Crippen molar-refractivity contribution in [2.45, 2.75) is 32.7 Å². The van der Waals surface area contributed by atoms with E-state index in [-0.39, 0.29) is 5.75 Å². The molecule has 24 heavy (non-hydrogen) atoms. The molecule has 0 spiro atoms. The van der Waals surface area contributed by atoms with Crippen LogP contribution in [0.5, 0.6) is 0 Å². The molecule has 0 bridgehead atoms. The van der Waals surface area contributed by atoms with Crippen molar-refractivity contribution in [3.8, 4) is 0 Å². The maximum absolute atomic E-state index is 12.0. The third-order valence-corrected chi connectivity index (χ3v) is 7.29. The van der Waals surface area contributed by atoms with Gasteiger partial charge in [-0.2, -0.15) is 4.31 Å². The van der Waals surface area contributed by atoms with Crippen molar-refractivity contribution in [3.63, 3.8) is 0 Å². The molecule has 1 aromatic carbocycles. The van der Waals surface area contributed by atoms with Gasteiger partial charge in [0.05, 0.1) is 5.75 Å².